The molecule has 0 spiro atoms. The Morgan fingerprint density at radius 3 is 2.43 bits per heavy atom. The van der Waals surface area contributed by atoms with E-state index in [0.717, 1.165) is 16.9 Å². The van der Waals surface area contributed by atoms with Gasteiger partial charge in [0.25, 0.3) is 5.78 Å². The van der Waals surface area contributed by atoms with Gasteiger partial charge in [-0.2, -0.15) is 0 Å². The molecular weight excluding hydrogens is 492 g/mol. The van der Waals surface area contributed by atoms with Crippen LogP contribution >= 0.6 is 11.3 Å². The van der Waals surface area contributed by atoms with E-state index in [4.69, 9.17) is 9.47 Å². The van der Waals surface area contributed by atoms with Crippen LogP contribution in [0.4, 0.5) is 5.13 Å². The maximum Gasteiger partial charge on any atom is 0.350 e. The van der Waals surface area contributed by atoms with Crippen LogP contribution in [0.5, 0.6) is 5.75 Å². The number of carbonyl (C=O) groups is 3. The quantitative estimate of drug-likeness (QED) is 0.145. The SMILES string of the molecule is C=CCOc1ccc(C(O)=C2C(=O)C(=O)N(c3nc(C)c(C(=O)OCC)s3)[C@@H]2c2ccc(C)cc2)cc1. The fourth-order valence-electron chi connectivity index (χ4n) is 3.98. The average molecular weight is 519 g/mol. The van der Waals surface area contributed by atoms with Gasteiger partial charge in [-0.15, -0.1) is 0 Å². The summed E-state index contributed by atoms with van der Waals surface area (Å²) in [6, 6.07) is 12.9. The molecule has 0 aliphatic carbocycles. The van der Waals surface area contributed by atoms with Crippen molar-refractivity contribution in [2.24, 2.45) is 0 Å². The smallest absolute Gasteiger partial charge is 0.350 e. The Morgan fingerprint density at radius 1 is 1.14 bits per heavy atom. The summed E-state index contributed by atoms with van der Waals surface area (Å²) in [7, 11) is 0. The fraction of sp³-hybridized carbons (Fsp3) is 0.214. The molecule has 37 heavy (non-hydrogen) atoms. The Bertz CT molecular complexity index is 1390. The minimum Gasteiger partial charge on any atom is -0.507 e. The second-order valence-corrected chi connectivity index (χ2v) is 9.31. The van der Waals surface area contributed by atoms with Crippen LogP contribution in [-0.2, 0) is 14.3 Å². The van der Waals surface area contributed by atoms with Crippen molar-refractivity contribution in [3.63, 3.8) is 0 Å². The molecule has 0 saturated carbocycles. The van der Waals surface area contributed by atoms with E-state index in [0.29, 0.717) is 29.2 Å². The molecule has 2 heterocycles. The molecule has 1 saturated heterocycles. The highest BCUT2D eigenvalue weighted by Crippen LogP contribution is 2.44. The fourth-order valence-corrected chi connectivity index (χ4v) is 4.97. The molecule has 1 atom stereocenters. The lowest BCUT2D eigenvalue weighted by Crippen LogP contribution is -2.29. The average Bonchev–Trinajstić information content (AvgIpc) is 3.40. The standard InChI is InChI=1S/C28H26N2O6S/c1-5-15-36-20-13-11-19(12-14-20)23(31)21-22(18-9-7-16(3)8-10-18)30(26(33)24(21)32)28-29-17(4)25(37-28)27(34)35-6-2/h5,7-14,22,31H,1,6,15H2,2-4H3/t22-/m1/s1. The van der Waals surface area contributed by atoms with E-state index in [2.05, 4.69) is 11.6 Å². The first-order valence-electron chi connectivity index (χ1n) is 11.6. The lowest BCUT2D eigenvalue weighted by atomic mass is 9.95. The van der Waals surface area contributed by atoms with Crippen LogP contribution in [0.2, 0.25) is 0 Å². The van der Waals surface area contributed by atoms with Gasteiger partial charge in [-0.3, -0.25) is 14.5 Å². The molecule has 1 aromatic heterocycles. The Labute approximate surface area is 218 Å². The number of hydrogen-bond acceptors (Lipinski definition) is 8. The van der Waals surface area contributed by atoms with Crippen molar-refractivity contribution < 1.29 is 29.0 Å². The molecule has 0 radical (unpaired) electrons. The van der Waals surface area contributed by atoms with Crippen LogP contribution < -0.4 is 9.64 Å². The van der Waals surface area contributed by atoms with E-state index < -0.39 is 23.7 Å². The van der Waals surface area contributed by atoms with Crippen LogP contribution in [-0.4, -0.2) is 41.0 Å². The van der Waals surface area contributed by atoms with Gasteiger partial charge in [-0.25, -0.2) is 9.78 Å². The number of rotatable bonds is 8. The van der Waals surface area contributed by atoms with E-state index in [1.807, 2.05) is 19.1 Å². The van der Waals surface area contributed by atoms with Gasteiger partial charge in [0.1, 0.15) is 23.0 Å². The van der Waals surface area contributed by atoms with Crippen molar-refractivity contribution in [1.82, 2.24) is 4.98 Å². The second-order valence-electron chi connectivity index (χ2n) is 8.34. The third kappa shape index (κ3) is 5.03. The van der Waals surface area contributed by atoms with Crippen LogP contribution in [0.15, 0.2) is 66.8 Å². The number of aliphatic hydroxyl groups is 1. The normalized spacial score (nSPS) is 16.6. The third-order valence-corrected chi connectivity index (χ3v) is 6.92. The summed E-state index contributed by atoms with van der Waals surface area (Å²) in [5, 5.41) is 11.4. The summed E-state index contributed by atoms with van der Waals surface area (Å²) in [4.78, 5) is 45.0. The molecule has 0 bridgehead atoms. The number of amides is 1. The minimum absolute atomic E-state index is 0.0702. The monoisotopic (exact) mass is 518 g/mol. The molecule has 1 aliphatic heterocycles. The Kier molecular flexibility index (Phi) is 7.54. The highest BCUT2D eigenvalue weighted by molar-refractivity contribution is 7.17. The molecule has 1 N–H and O–H groups in total. The Balaban J connectivity index is 1.84. The predicted molar refractivity (Wildman–Crippen MR) is 141 cm³/mol. The molecule has 0 unspecified atom stereocenters. The van der Waals surface area contributed by atoms with Crippen LogP contribution in [0.25, 0.3) is 5.76 Å². The summed E-state index contributed by atoms with van der Waals surface area (Å²) in [5.74, 6) is -1.99. The maximum atomic E-state index is 13.3. The number of anilines is 1. The Hall–Kier alpha value is -4.24. The molecule has 1 amide bonds. The number of aryl methyl sites for hydroxylation is 2. The number of carbonyl (C=O) groups excluding carboxylic acids is 3. The topological polar surface area (TPSA) is 106 Å². The van der Waals surface area contributed by atoms with Crippen LogP contribution in [0, 0.1) is 13.8 Å². The number of aromatic nitrogens is 1. The molecule has 4 rings (SSSR count). The zero-order valence-corrected chi connectivity index (χ0v) is 21.5. The molecule has 1 fully saturated rings. The van der Waals surface area contributed by atoms with E-state index in [1.165, 1.54) is 4.90 Å². The van der Waals surface area contributed by atoms with E-state index in [1.54, 1.807) is 56.3 Å². The number of esters is 1. The summed E-state index contributed by atoms with van der Waals surface area (Å²) in [5.41, 5.74) is 2.27. The summed E-state index contributed by atoms with van der Waals surface area (Å²) in [6.45, 7) is 9.39. The predicted octanol–water partition coefficient (Wildman–Crippen LogP) is 5.13. The largest absolute Gasteiger partial charge is 0.507 e. The Morgan fingerprint density at radius 2 is 1.81 bits per heavy atom. The first-order valence-corrected chi connectivity index (χ1v) is 12.4. The molecule has 190 valence electrons. The molecule has 3 aromatic rings. The molecular formula is C28H26N2O6S. The van der Waals surface area contributed by atoms with Gasteiger partial charge in [0.2, 0.25) is 0 Å². The van der Waals surface area contributed by atoms with E-state index in [9.17, 15) is 19.5 Å². The number of Topliss-reactive ketones (excluding diaryl/α,β-unsaturated/α-hetero) is 1. The third-order valence-electron chi connectivity index (χ3n) is 5.79. The van der Waals surface area contributed by atoms with Gasteiger partial charge in [0.05, 0.1) is 23.9 Å². The summed E-state index contributed by atoms with van der Waals surface area (Å²) >= 11 is 0.970. The zero-order chi connectivity index (χ0) is 26.7. The molecule has 1 aliphatic rings. The lowest BCUT2D eigenvalue weighted by molar-refractivity contribution is -0.132. The number of aliphatic hydroxyl groups excluding tert-OH is 1. The van der Waals surface area contributed by atoms with Gasteiger partial charge < -0.3 is 14.6 Å². The van der Waals surface area contributed by atoms with E-state index in [-0.39, 0.29) is 27.9 Å². The minimum atomic E-state index is -0.946. The number of nitrogens with zero attached hydrogens (tertiary/aromatic N) is 2. The molecule has 9 heteroatoms. The van der Waals surface area contributed by atoms with Crippen molar-refractivity contribution in [2.45, 2.75) is 26.8 Å². The van der Waals surface area contributed by atoms with Crippen molar-refractivity contribution in [3.05, 3.63) is 94.0 Å². The van der Waals surface area contributed by atoms with E-state index >= 15 is 0 Å². The van der Waals surface area contributed by atoms with Gasteiger partial charge in [0.15, 0.2) is 5.13 Å². The lowest BCUT2D eigenvalue weighted by Gasteiger charge is -2.23. The highest BCUT2D eigenvalue weighted by atomic mass is 32.1. The van der Waals surface area contributed by atoms with Gasteiger partial charge in [-0.1, -0.05) is 53.8 Å². The first-order chi connectivity index (χ1) is 17.8. The van der Waals surface area contributed by atoms with Gasteiger partial charge in [-0.05, 0) is 50.6 Å². The number of benzene rings is 2. The number of thiazole rings is 1. The van der Waals surface area contributed by atoms with Crippen LogP contribution in [0.3, 0.4) is 0 Å². The van der Waals surface area contributed by atoms with Crippen molar-refractivity contribution in [3.8, 4) is 5.75 Å². The number of ether oxygens (including phenoxy) is 2. The molecule has 2 aromatic carbocycles. The summed E-state index contributed by atoms with van der Waals surface area (Å²) in [6.07, 6.45) is 1.62. The number of ketones is 1. The van der Waals surface area contributed by atoms with Crippen molar-refractivity contribution in [2.75, 3.05) is 18.1 Å². The summed E-state index contributed by atoms with van der Waals surface area (Å²) < 4.78 is 10.6. The van der Waals surface area contributed by atoms with Gasteiger partial charge in [0, 0.05) is 5.56 Å². The molecule has 8 nitrogen and oxygen atoms in total. The first kappa shape index (κ1) is 25.8. The highest BCUT2D eigenvalue weighted by Gasteiger charge is 2.48. The maximum absolute atomic E-state index is 13.3. The number of hydrogen-bond donors (Lipinski definition) is 1. The van der Waals surface area contributed by atoms with Crippen molar-refractivity contribution >= 4 is 39.9 Å². The van der Waals surface area contributed by atoms with Crippen molar-refractivity contribution in [1.29, 1.82) is 0 Å². The van der Waals surface area contributed by atoms with Crippen LogP contribution in [0.1, 0.15) is 45.0 Å². The second kappa shape index (κ2) is 10.8. The zero-order valence-electron chi connectivity index (χ0n) is 20.7. The van der Waals surface area contributed by atoms with Gasteiger partial charge >= 0.3 is 11.9 Å².